The first kappa shape index (κ1) is 17.7. The molecule has 0 saturated heterocycles. The van der Waals surface area contributed by atoms with Gasteiger partial charge in [0.2, 0.25) is 0 Å². The number of unbranched alkanes of at least 4 members (excludes halogenated alkanes) is 1. The van der Waals surface area contributed by atoms with Crippen molar-refractivity contribution in [1.82, 2.24) is 0 Å². The number of hydrogen-bond acceptors (Lipinski definition) is 2. The normalized spacial score (nSPS) is 6.69. The van der Waals surface area contributed by atoms with Gasteiger partial charge in [-0.05, 0) is 0 Å². The Bertz CT molecular complexity index is 135. The highest BCUT2D eigenvalue weighted by Crippen LogP contribution is 1.76. The molecule has 0 aliphatic carbocycles. The van der Waals surface area contributed by atoms with Gasteiger partial charge in [-0.15, -0.1) is 0 Å². The topological polar surface area (TPSA) is 74.6 Å². The fourth-order valence-corrected chi connectivity index (χ4v) is 0. The number of rotatable bonds is 2. The minimum absolute atomic E-state index is 0.833. The maximum absolute atomic E-state index is 9.25. The van der Waals surface area contributed by atoms with Crippen molar-refractivity contribution in [3.63, 3.8) is 0 Å². The van der Waals surface area contributed by atoms with E-state index in [9.17, 15) is 4.79 Å². The second-order valence-electron chi connectivity index (χ2n) is 1.91. The molecular weight excluding hydrogens is 172 g/mol. The van der Waals surface area contributed by atoms with E-state index in [0.29, 0.717) is 0 Å². The lowest BCUT2D eigenvalue weighted by Crippen LogP contribution is -1.82. The number of hydrogen-bond donors (Lipinski definition) is 2. The molecule has 4 heteroatoms. The summed E-state index contributed by atoms with van der Waals surface area (Å²) in [5.41, 5.74) is 0. The first-order valence-electron chi connectivity index (χ1n) is 3.76. The molecule has 0 atom stereocenters. The molecule has 1 radical (unpaired) electrons. The predicted octanol–water partition coefficient (Wildman–Crippen LogP) is 1.97. The SMILES string of the molecule is C=CC(=O)O.CC(=O)O.[CH2]CCC. The lowest BCUT2D eigenvalue weighted by Gasteiger charge is -1.67. The Balaban J connectivity index is -0.000000117. The van der Waals surface area contributed by atoms with Crippen LogP contribution in [0.4, 0.5) is 0 Å². The van der Waals surface area contributed by atoms with E-state index in [1.807, 2.05) is 0 Å². The Morgan fingerprint density at radius 3 is 1.54 bits per heavy atom. The number of carboxylic acids is 2. The molecule has 0 aromatic rings. The lowest BCUT2D eigenvalue weighted by molar-refractivity contribution is -0.134. The molecule has 0 rings (SSSR count). The molecule has 13 heavy (non-hydrogen) atoms. The fourth-order valence-electron chi connectivity index (χ4n) is 0. The molecule has 0 aliphatic heterocycles. The average Bonchev–Trinajstić information content (AvgIpc) is 2.04. The Morgan fingerprint density at radius 2 is 1.54 bits per heavy atom. The Morgan fingerprint density at radius 1 is 1.38 bits per heavy atom. The molecule has 0 saturated carbocycles. The van der Waals surface area contributed by atoms with E-state index in [4.69, 9.17) is 15.0 Å². The Labute approximate surface area is 78.9 Å². The zero-order valence-electron chi connectivity index (χ0n) is 8.12. The summed E-state index contributed by atoms with van der Waals surface area (Å²) in [5, 5.41) is 15.0. The molecule has 0 aromatic carbocycles. The minimum Gasteiger partial charge on any atom is -0.481 e. The van der Waals surface area contributed by atoms with Gasteiger partial charge in [-0.25, -0.2) is 4.79 Å². The molecule has 0 fully saturated rings. The van der Waals surface area contributed by atoms with E-state index in [0.717, 1.165) is 19.4 Å². The Hall–Kier alpha value is -1.32. The molecule has 0 unspecified atom stereocenters. The molecule has 77 valence electrons. The van der Waals surface area contributed by atoms with Gasteiger partial charge in [-0.1, -0.05) is 33.3 Å². The van der Waals surface area contributed by atoms with Crippen LogP contribution in [0.1, 0.15) is 26.7 Å². The quantitative estimate of drug-likeness (QED) is 0.651. The summed E-state index contributed by atoms with van der Waals surface area (Å²) in [4.78, 5) is 18.2. The van der Waals surface area contributed by atoms with Gasteiger partial charge >= 0.3 is 5.97 Å². The summed E-state index contributed by atoms with van der Waals surface area (Å²) in [5.74, 6) is -1.81. The van der Waals surface area contributed by atoms with Crippen LogP contribution in [0.5, 0.6) is 0 Å². The van der Waals surface area contributed by atoms with Gasteiger partial charge in [0.25, 0.3) is 5.97 Å². The van der Waals surface area contributed by atoms with Crippen molar-refractivity contribution >= 4 is 11.9 Å². The van der Waals surface area contributed by atoms with Crippen LogP contribution in [0.3, 0.4) is 0 Å². The fraction of sp³-hybridized carbons (Fsp3) is 0.444. The third-order valence-corrected chi connectivity index (χ3v) is 0.528. The minimum atomic E-state index is -0.981. The van der Waals surface area contributed by atoms with E-state index in [-0.39, 0.29) is 0 Å². The maximum Gasteiger partial charge on any atom is 0.327 e. The molecule has 0 aromatic heterocycles. The molecule has 0 spiro atoms. The van der Waals surface area contributed by atoms with Crippen LogP contribution < -0.4 is 0 Å². The Kier molecular flexibility index (Phi) is 23.1. The van der Waals surface area contributed by atoms with Crippen molar-refractivity contribution in [3.8, 4) is 0 Å². The van der Waals surface area contributed by atoms with Crippen LogP contribution in [0.2, 0.25) is 0 Å². The summed E-state index contributed by atoms with van der Waals surface area (Å²) >= 11 is 0. The molecule has 0 aliphatic rings. The van der Waals surface area contributed by atoms with Crippen LogP contribution in [0.15, 0.2) is 12.7 Å². The third-order valence-electron chi connectivity index (χ3n) is 0.528. The highest BCUT2D eigenvalue weighted by molar-refractivity contribution is 5.78. The second kappa shape index (κ2) is 17.0. The van der Waals surface area contributed by atoms with Gasteiger partial charge in [0.15, 0.2) is 0 Å². The van der Waals surface area contributed by atoms with Crippen LogP contribution in [0, 0.1) is 6.92 Å². The van der Waals surface area contributed by atoms with Gasteiger partial charge in [-0.3, -0.25) is 4.79 Å². The van der Waals surface area contributed by atoms with E-state index in [2.05, 4.69) is 20.4 Å². The van der Waals surface area contributed by atoms with Crippen LogP contribution in [-0.4, -0.2) is 22.2 Å². The van der Waals surface area contributed by atoms with Crippen molar-refractivity contribution in [2.75, 3.05) is 0 Å². The molecular formula is C9H17O4. The highest BCUT2D eigenvalue weighted by Gasteiger charge is 1.73. The average molecular weight is 189 g/mol. The summed E-state index contributed by atoms with van der Waals surface area (Å²) < 4.78 is 0. The van der Waals surface area contributed by atoms with Gasteiger partial charge in [0.1, 0.15) is 0 Å². The molecule has 2 N–H and O–H groups in total. The van der Waals surface area contributed by atoms with E-state index >= 15 is 0 Å². The van der Waals surface area contributed by atoms with Gasteiger partial charge in [0.05, 0.1) is 0 Å². The van der Waals surface area contributed by atoms with E-state index in [1.54, 1.807) is 0 Å². The van der Waals surface area contributed by atoms with Crippen molar-refractivity contribution in [2.24, 2.45) is 0 Å². The van der Waals surface area contributed by atoms with Crippen LogP contribution in [0.25, 0.3) is 0 Å². The monoisotopic (exact) mass is 189 g/mol. The molecule has 4 nitrogen and oxygen atoms in total. The molecule has 0 amide bonds. The lowest BCUT2D eigenvalue weighted by atomic mass is 10.4. The van der Waals surface area contributed by atoms with E-state index < -0.39 is 11.9 Å². The number of carboxylic acid groups (broad SMARTS) is 2. The maximum atomic E-state index is 9.25. The van der Waals surface area contributed by atoms with E-state index in [1.165, 1.54) is 6.42 Å². The van der Waals surface area contributed by atoms with Crippen LogP contribution in [-0.2, 0) is 9.59 Å². The standard InChI is InChI=1S/C4H9.C3H4O2.C2H4O2/c1-3-4-2;1-2-3(4)5;1-2(3)4/h1,3-4H2,2H3;2H,1H2,(H,4,5);1H3,(H,3,4). The summed E-state index contributed by atoms with van der Waals surface area (Å²) in [7, 11) is 0. The zero-order valence-corrected chi connectivity index (χ0v) is 8.12. The number of aliphatic carboxylic acids is 2. The van der Waals surface area contributed by atoms with Crippen molar-refractivity contribution in [2.45, 2.75) is 26.7 Å². The third kappa shape index (κ3) is 285. The van der Waals surface area contributed by atoms with Crippen molar-refractivity contribution in [3.05, 3.63) is 19.6 Å². The summed E-state index contributed by atoms with van der Waals surface area (Å²) in [6.45, 7) is 9.77. The van der Waals surface area contributed by atoms with Crippen LogP contribution >= 0.6 is 0 Å². The summed E-state index contributed by atoms with van der Waals surface area (Å²) in [6.07, 6.45) is 3.11. The predicted molar refractivity (Wildman–Crippen MR) is 51.4 cm³/mol. The second-order valence-corrected chi connectivity index (χ2v) is 1.91. The largest absolute Gasteiger partial charge is 0.481 e. The highest BCUT2D eigenvalue weighted by atomic mass is 16.4. The smallest absolute Gasteiger partial charge is 0.327 e. The van der Waals surface area contributed by atoms with Gasteiger partial charge in [0, 0.05) is 13.0 Å². The van der Waals surface area contributed by atoms with Gasteiger partial charge in [-0.2, -0.15) is 0 Å². The molecule has 0 bridgehead atoms. The number of carbonyl (C=O) groups is 2. The first-order chi connectivity index (χ1) is 5.92. The molecule has 0 heterocycles. The van der Waals surface area contributed by atoms with Gasteiger partial charge < -0.3 is 10.2 Å². The van der Waals surface area contributed by atoms with Crippen molar-refractivity contribution in [1.29, 1.82) is 0 Å². The first-order valence-corrected chi connectivity index (χ1v) is 3.76. The zero-order chi connectivity index (χ0) is 11.3. The summed E-state index contributed by atoms with van der Waals surface area (Å²) in [6, 6.07) is 0. The van der Waals surface area contributed by atoms with Crippen molar-refractivity contribution < 1.29 is 19.8 Å².